The Bertz CT molecular complexity index is 4210. The fourth-order valence-corrected chi connectivity index (χ4v) is 13.0. The van der Waals surface area contributed by atoms with Gasteiger partial charge in [0.05, 0.1) is 43.3 Å². The number of nitrogens with two attached hydrogens (primary N) is 1. The molecule has 11 N–H and O–H groups in total. The SMILES string of the molecule is CC(C)[C@H](N)C(=O)N[C@@H](C)C(=O)Nc1ccc(COc2cc3ccccc3nc2C(=O)N[C@@H]2CNC(=O)[C@H](C(C)C)N(C)C(=O)CN(C)C(=O)CNC(=O)[C@@H]3CCCCN3C(=O)[C@H](NC(=O)c3nc4ccccc4cc3O)CNC(=O)[C@H](C(C)C)N(C)C(=O)CN(C)C(=O)CNC(=O)[C@@H]3CCCCN3C2=O)cc1. The lowest BCUT2D eigenvalue weighted by atomic mass is 9.99. The number of carbonyl (C=O) groups is 14. The highest BCUT2D eigenvalue weighted by atomic mass is 16.5. The van der Waals surface area contributed by atoms with Gasteiger partial charge < -0.3 is 87.5 Å². The van der Waals surface area contributed by atoms with Crippen LogP contribution in [0.25, 0.3) is 21.8 Å². The zero-order valence-electron chi connectivity index (χ0n) is 62.8. The Labute approximate surface area is 625 Å². The van der Waals surface area contributed by atoms with Gasteiger partial charge >= 0.3 is 0 Å². The Kier molecular flexibility index (Phi) is 28.4. The van der Waals surface area contributed by atoms with E-state index in [0.717, 1.165) is 19.6 Å². The second kappa shape index (κ2) is 37.2. The highest BCUT2D eigenvalue weighted by Gasteiger charge is 2.42. The van der Waals surface area contributed by atoms with Crippen LogP contribution in [0.5, 0.6) is 11.5 Å². The first-order valence-corrected chi connectivity index (χ1v) is 36.1. The lowest BCUT2D eigenvalue weighted by Crippen LogP contribution is -2.61. The number of pyridine rings is 2. The van der Waals surface area contributed by atoms with E-state index in [1.54, 1.807) is 120 Å². The number of nitrogens with one attached hydrogen (secondary N) is 8. The van der Waals surface area contributed by atoms with E-state index in [4.69, 9.17) is 10.5 Å². The molecule has 0 unspecified atom stereocenters. The van der Waals surface area contributed by atoms with Crippen LogP contribution in [0.1, 0.15) is 114 Å². The molecule has 3 aliphatic heterocycles. The summed E-state index contributed by atoms with van der Waals surface area (Å²) in [5.41, 5.74) is 6.92. The average molecular weight is 1490 g/mol. The second-order valence-electron chi connectivity index (χ2n) is 28.5. The molecule has 5 aromatic rings. The lowest BCUT2D eigenvalue weighted by Gasteiger charge is -2.37. The number of rotatable bonds is 14. The topological polar surface area (TPSA) is 436 Å². The number of anilines is 1. The van der Waals surface area contributed by atoms with Crippen molar-refractivity contribution in [1.29, 1.82) is 0 Å². The van der Waals surface area contributed by atoms with E-state index in [1.807, 2.05) is 0 Å². The second-order valence-corrected chi connectivity index (χ2v) is 28.5. The van der Waals surface area contributed by atoms with Crippen molar-refractivity contribution < 1.29 is 77.0 Å². The van der Waals surface area contributed by atoms with Crippen molar-refractivity contribution in [1.82, 2.24) is 76.6 Å². The first kappa shape index (κ1) is 82.3. The fourth-order valence-electron chi connectivity index (χ4n) is 13.0. The number of ether oxygens (including phenoxy) is 1. The predicted octanol–water partition coefficient (Wildman–Crippen LogP) is 0.514. The molecule has 2 aromatic heterocycles. The number of hydrogen-bond donors (Lipinski definition) is 10. The van der Waals surface area contributed by atoms with E-state index >= 15 is 9.59 Å². The van der Waals surface area contributed by atoms with Crippen molar-refractivity contribution in [2.24, 2.45) is 23.5 Å². The molecule has 3 aliphatic rings. The number of carbonyl (C=O) groups excluding carboxylic acids is 14. The first-order valence-electron chi connectivity index (χ1n) is 36.1. The van der Waals surface area contributed by atoms with E-state index in [0.29, 0.717) is 58.7 Å². The number of hydrogen-bond acceptors (Lipinski definition) is 19. The molecule has 33 nitrogen and oxygen atoms in total. The third-order valence-electron chi connectivity index (χ3n) is 19.4. The summed E-state index contributed by atoms with van der Waals surface area (Å²) in [5, 5.41) is 33.4. The number of nitrogens with zero attached hydrogens (tertiary/aromatic N) is 8. The van der Waals surface area contributed by atoms with Crippen molar-refractivity contribution in [3.8, 4) is 11.5 Å². The van der Waals surface area contributed by atoms with Crippen LogP contribution in [-0.2, 0) is 64.1 Å². The molecular weight excluding hydrogens is 1390 g/mol. The molecule has 0 spiro atoms. The lowest BCUT2D eigenvalue weighted by molar-refractivity contribution is -0.146. The molecule has 8 rings (SSSR count). The van der Waals surface area contributed by atoms with Gasteiger partial charge in [-0.05, 0) is 105 Å². The molecule has 108 heavy (non-hydrogen) atoms. The average Bonchev–Trinajstić information content (AvgIpc) is 0.805. The van der Waals surface area contributed by atoms with Crippen molar-refractivity contribution in [3.05, 3.63) is 102 Å². The Morgan fingerprint density at radius 3 is 1.46 bits per heavy atom. The van der Waals surface area contributed by atoms with Crippen LogP contribution in [0.15, 0.2) is 84.9 Å². The fraction of sp³-hybridized carbons (Fsp3) is 0.493. The summed E-state index contributed by atoms with van der Waals surface area (Å²) >= 11 is 0. The zero-order chi connectivity index (χ0) is 79.0. The quantitative estimate of drug-likeness (QED) is 0.0724. The maximum atomic E-state index is 15.3. The Morgan fingerprint density at radius 1 is 0.556 bits per heavy atom. The van der Waals surface area contributed by atoms with Gasteiger partial charge in [0.2, 0.25) is 70.9 Å². The molecule has 14 amide bonds. The van der Waals surface area contributed by atoms with Crippen LogP contribution in [0.4, 0.5) is 5.69 Å². The molecule has 33 heteroatoms. The highest BCUT2D eigenvalue weighted by Crippen LogP contribution is 2.28. The maximum Gasteiger partial charge on any atom is 0.274 e. The molecule has 580 valence electrons. The third kappa shape index (κ3) is 20.8. The third-order valence-corrected chi connectivity index (χ3v) is 19.4. The molecule has 0 bridgehead atoms. The zero-order valence-corrected chi connectivity index (χ0v) is 62.8. The van der Waals surface area contributed by atoms with Gasteiger partial charge in [0.25, 0.3) is 11.8 Å². The van der Waals surface area contributed by atoms with E-state index in [-0.39, 0.29) is 49.9 Å². The van der Waals surface area contributed by atoms with Crippen molar-refractivity contribution in [2.75, 3.05) is 85.9 Å². The van der Waals surface area contributed by atoms with Gasteiger partial charge in [-0.25, -0.2) is 9.97 Å². The number of aromatic nitrogens is 2. The maximum absolute atomic E-state index is 15.3. The normalized spacial score (nSPS) is 21.4. The summed E-state index contributed by atoms with van der Waals surface area (Å²) in [4.78, 5) is 215. The predicted molar refractivity (Wildman–Crippen MR) is 396 cm³/mol. The summed E-state index contributed by atoms with van der Waals surface area (Å²) in [6.45, 7) is 7.78. The Balaban J connectivity index is 1.06. The summed E-state index contributed by atoms with van der Waals surface area (Å²) in [5.74, 6) is -12.6. The number of fused-ring (bicyclic) bond motifs is 4. The number of amides is 14. The van der Waals surface area contributed by atoms with E-state index in [9.17, 15) is 62.6 Å². The summed E-state index contributed by atoms with van der Waals surface area (Å²) < 4.78 is 6.31. The van der Waals surface area contributed by atoms with Crippen molar-refractivity contribution >= 4 is 110 Å². The minimum absolute atomic E-state index is 0.00654. The number of benzene rings is 3. The van der Waals surface area contributed by atoms with E-state index in [1.165, 1.54) is 51.0 Å². The van der Waals surface area contributed by atoms with Gasteiger partial charge in [0, 0.05) is 70.8 Å². The standard InChI is InChI=1S/C75H99N17O16/c1-41(2)61(76)69(101)81-44(7)66(98)82-48-28-26-45(27-29-48)40-108-56-33-47-21-13-15-23-50(47)84-63(56)71(103)86-52-35-78-73(105)65(43(5)6)90(11)60(97)39-88(9)57(94)36-79-67(99)53-24-16-18-30-91(53)74(106)51(85-70(102)62-55(93)32-46-20-12-14-22-49(46)83-62)34-77-72(104)64(42(3)4)89(10)59(96)38-87(8)58(95)37-80-68(100)54-25-17-19-31-92(54)75(52)107/h12-15,20-23,26-29,32-33,41-44,51-54,61,64-65,93H,16-19,24-25,30-31,34-40,76H2,1-11H3,(H,77,104)(H,78,105)(H,79,99)(H,80,100)(H,81,101)(H,82,98)(H,85,102)(H,86,103)/t44-,51+,52+,53-,54-,61-,64-,65-/m0/s1. The van der Waals surface area contributed by atoms with Gasteiger partial charge in [0.15, 0.2) is 17.1 Å². The van der Waals surface area contributed by atoms with Crippen LogP contribution < -0.4 is 53.0 Å². The molecule has 0 radical (unpaired) electrons. The summed E-state index contributed by atoms with van der Waals surface area (Å²) in [7, 11) is 5.28. The number of para-hydroxylation sites is 2. The van der Waals surface area contributed by atoms with Gasteiger partial charge in [-0.3, -0.25) is 67.1 Å². The minimum Gasteiger partial charge on any atom is -0.505 e. The highest BCUT2D eigenvalue weighted by molar-refractivity contribution is 6.04. The van der Waals surface area contributed by atoms with Gasteiger partial charge in [-0.2, -0.15) is 0 Å². The Morgan fingerprint density at radius 2 is 1.00 bits per heavy atom. The van der Waals surface area contributed by atoms with Crippen molar-refractivity contribution in [2.45, 2.75) is 142 Å². The van der Waals surface area contributed by atoms with Gasteiger partial charge in [0.1, 0.15) is 54.6 Å². The molecule has 8 atom stereocenters. The molecule has 3 saturated heterocycles. The molecule has 3 aromatic carbocycles. The van der Waals surface area contributed by atoms with Crippen LogP contribution >= 0.6 is 0 Å². The van der Waals surface area contributed by atoms with E-state index in [2.05, 4.69) is 52.5 Å². The molecule has 0 aliphatic carbocycles. The molecule has 3 fully saturated rings. The minimum atomic E-state index is -1.66. The summed E-state index contributed by atoms with van der Waals surface area (Å²) in [6.07, 6.45) is 1.92. The van der Waals surface area contributed by atoms with Crippen LogP contribution in [-0.4, -0.2) is 256 Å². The molecule has 5 heterocycles. The monoisotopic (exact) mass is 1490 g/mol. The number of aromatic hydroxyl groups is 1. The van der Waals surface area contributed by atoms with Crippen LogP contribution in [0.3, 0.4) is 0 Å². The number of piperidine rings is 2. The van der Waals surface area contributed by atoms with Gasteiger partial charge in [-0.1, -0.05) is 90.1 Å². The summed E-state index contributed by atoms with van der Waals surface area (Å²) in [6, 6.07) is 13.0. The first-order chi connectivity index (χ1) is 51.2. The van der Waals surface area contributed by atoms with E-state index < -0.39 is 194 Å². The van der Waals surface area contributed by atoms with Crippen molar-refractivity contribution in [3.63, 3.8) is 0 Å². The molecular formula is C75H99N17O16. The molecule has 0 saturated carbocycles. The smallest absolute Gasteiger partial charge is 0.274 e. The number of likely N-dealkylation sites (N-methyl/N-ethyl adjacent to an activating group) is 4. The van der Waals surface area contributed by atoms with Gasteiger partial charge in [-0.15, -0.1) is 0 Å². The van der Waals surface area contributed by atoms with Crippen LogP contribution in [0.2, 0.25) is 0 Å². The Hall–Kier alpha value is -11.4. The van der Waals surface area contributed by atoms with Crippen LogP contribution in [0, 0.1) is 17.8 Å². The largest absolute Gasteiger partial charge is 0.505 e.